The molecule has 144 valence electrons. The lowest BCUT2D eigenvalue weighted by molar-refractivity contribution is 0.0318. The van der Waals surface area contributed by atoms with Crippen LogP contribution in [0.3, 0.4) is 0 Å². The number of benzene rings is 1. The molecule has 1 saturated heterocycles. The minimum Gasteiger partial charge on any atom is -0.460 e. The molecule has 5 rings (SSSR count). The molecule has 7 heteroatoms. The van der Waals surface area contributed by atoms with E-state index in [2.05, 4.69) is 27.9 Å². The number of aliphatic hydroxyl groups excluding tert-OH is 1. The van der Waals surface area contributed by atoms with Crippen molar-refractivity contribution in [1.82, 2.24) is 14.3 Å². The largest absolute Gasteiger partial charge is 0.460 e. The first-order valence-electron chi connectivity index (χ1n) is 9.36. The van der Waals surface area contributed by atoms with E-state index in [1.807, 2.05) is 18.2 Å². The van der Waals surface area contributed by atoms with Crippen molar-refractivity contribution in [3.8, 4) is 5.75 Å². The van der Waals surface area contributed by atoms with Gasteiger partial charge in [-0.25, -0.2) is 9.37 Å². The number of imidazole rings is 1. The average Bonchev–Trinajstić information content (AvgIpc) is 3.13. The zero-order chi connectivity index (χ0) is 19.3. The van der Waals surface area contributed by atoms with Crippen molar-refractivity contribution in [2.24, 2.45) is 0 Å². The van der Waals surface area contributed by atoms with E-state index < -0.39 is 12.1 Å². The van der Waals surface area contributed by atoms with Crippen molar-refractivity contribution >= 4 is 23.0 Å². The molecule has 1 fully saturated rings. The molecule has 2 aromatic heterocycles. The maximum absolute atomic E-state index is 13.9. The number of anilines is 1. The fourth-order valence-electron chi connectivity index (χ4n) is 3.75. The molecule has 3 aromatic rings. The van der Waals surface area contributed by atoms with E-state index in [9.17, 15) is 9.50 Å². The van der Waals surface area contributed by atoms with Crippen molar-refractivity contribution in [2.75, 3.05) is 38.1 Å². The van der Waals surface area contributed by atoms with Crippen molar-refractivity contribution in [3.63, 3.8) is 0 Å². The van der Waals surface area contributed by atoms with Crippen LogP contribution in [0.15, 0.2) is 42.7 Å². The van der Waals surface area contributed by atoms with Crippen LogP contribution in [0.2, 0.25) is 0 Å². The van der Waals surface area contributed by atoms with Crippen LogP contribution in [0, 0.1) is 5.82 Å². The number of hydrogen-bond donors (Lipinski definition) is 1. The average molecular weight is 380 g/mol. The van der Waals surface area contributed by atoms with E-state index in [0.29, 0.717) is 17.0 Å². The number of aromatic nitrogens is 2. The summed E-state index contributed by atoms with van der Waals surface area (Å²) in [4.78, 5) is 8.95. The first kappa shape index (κ1) is 17.2. The smallest absolute Gasteiger partial charge is 0.226 e. The van der Waals surface area contributed by atoms with Crippen LogP contribution in [0.1, 0.15) is 11.3 Å². The van der Waals surface area contributed by atoms with Crippen LogP contribution in [0.5, 0.6) is 5.75 Å². The summed E-state index contributed by atoms with van der Waals surface area (Å²) < 4.78 is 21.3. The van der Waals surface area contributed by atoms with Gasteiger partial charge in [-0.1, -0.05) is 0 Å². The van der Waals surface area contributed by atoms with E-state index in [4.69, 9.17) is 4.74 Å². The summed E-state index contributed by atoms with van der Waals surface area (Å²) in [6.45, 7) is 3.97. The van der Waals surface area contributed by atoms with Gasteiger partial charge in [0.25, 0.3) is 0 Å². The highest BCUT2D eigenvalue weighted by molar-refractivity contribution is 5.86. The number of nitrogens with zero attached hydrogens (tertiary/aromatic N) is 4. The summed E-state index contributed by atoms with van der Waals surface area (Å²) in [7, 11) is 2.13. The first-order chi connectivity index (χ1) is 13.6. The molecule has 0 spiro atoms. The number of pyridine rings is 1. The van der Waals surface area contributed by atoms with E-state index >= 15 is 0 Å². The maximum atomic E-state index is 13.9. The van der Waals surface area contributed by atoms with Gasteiger partial charge in [0, 0.05) is 61.5 Å². The minimum absolute atomic E-state index is 0.224. The molecule has 4 heterocycles. The van der Waals surface area contributed by atoms with Crippen LogP contribution < -0.4 is 9.64 Å². The molecular formula is C21H21FN4O2. The fraction of sp³-hybridized carbons (Fsp3) is 0.286. The molecule has 6 nitrogen and oxygen atoms in total. The van der Waals surface area contributed by atoms with Gasteiger partial charge in [0.05, 0.1) is 5.69 Å². The van der Waals surface area contributed by atoms with Gasteiger partial charge in [-0.3, -0.25) is 0 Å². The summed E-state index contributed by atoms with van der Waals surface area (Å²) in [6, 6.07) is 9.02. The number of rotatable bonds is 2. The summed E-state index contributed by atoms with van der Waals surface area (Å²) >= 11 is 0. The molecule has 28 heavy (non-hydrogen) atoms. The Balaban J connectivity index is 1.48. The van der Waals surface area contributed by atoms with Crippen LogP contribution in [-0.4, -0.2) is 58.9 Å². The number of fused-ring (bicyclic) bond motifs is 2. The fourth-order valence-corrected chi connectivity index (χ4v) is 3.75. The Morgan fingerprint density at radius 1 is 1.18 bits per heavy atom. The van der Waals surface area contributed by atoms with Gasteiger partial charge >= 0.3 is 0 Å². The topological polar surface area (TPSA) is 53.2 Å². The molecular weight excluding hydrogens is 359 g/mol. The Labute approximate surface area is 162 Å². The first-order valence-corrected chi connectivity index (χ1v) is 9.36. The third-order valence-electron chi connectivity index (χ3n) is 5.41. The van der Waals surface area contributed by atoms with Crippen LogP contribution >= 0.6 is 0 Å². The summed E-state index contributed by atoms with van der Waals surface area (Å²) in [5.74, 6) is 0.236. The second-order valence-corrected chi connectivity index (χ2v) is 7.30. The lowest BCUT2D eigenvalue weighted by atomic mass is 10.0. The highest BCUT2D eigenvalue weighted by atomic mass is 19.1. The molecule has 0 amide bonds. The highest BCUT2D eigenvalue weighted by Gasteiger charge is 2.25. The van der Waals surface area contributed by atoms with E-state index in [1.54, 1.807) is 22.9 Å². The standard InChI is InChI=1S/C21H21FN4O2/c1-24-7-9-25(10-8-24)15-5-4-14-11-16(21(27)28-19(14)12-15)18-13-26-6-2-3-17(22)20(26)23-18/h2-6,11-13,21,27H,7-10H2,1H3. The van der Waals surface area contributed by atoms with Crippen molar-refractivity contribution in [2.45, 2.75) is 6.29 Å². The molecule has 1 N–H and O–H groups in total. The quantitative estimate of drug-likeness (QED) is 0.740. The monoisotopic (exact) mass is 380 g/mol. The lowest BCUT2D eigenvalue weighted by Gasteiger charge is -2.34. The van der Waals surface area contributed by atoms with Gasteiger partial charge in [0.1, 0.15) is 5.75 Å². The van der Waals surface area contributed by atoms with Gasteiger partial charge in [-0.2, -0.15) is 0 Å². The minimum atomic E-state index is -1.15. The second-order valence-electron chi connectivity index (χ2n) is 7.30. The van der Waals surface area contributed by atoms with Crippen molar-refractivity contribution in [3.05, 3.63) is 59.8 Å². The predicted octanol–water partition coefficient (Wildman–Crippen LogP) is 2.48. The molecule has 1 unspecified atom stereocenters. The normalized spacial score (nSPS) is 20.0. The van der Waals surface area contributed by atoms with Gasteiger partial charge in [-0.15, -0.1) is 0 Å². The molecule has 2 aliphatic rings. The van der Waals surface area contributed by atoms with E-state index in [-0.39, 0.29) is 5.65 Å². The highest BCUT2D eigenvalue weighted by Crippen LogP contribution is 2.36. The summed E-state index contributed by atoms with van der Waals surface area (Å²) in [5, 5.41) is 10.5. The maximum Gasteiger partial charge on any atom is 0.226 e. The Hall–Kier alpha value is -2.90. The second kappa shape index (κ2) is 6.61. The number of halogens is 1. The molecule has 2 aliphatic heterocycles. The molecule has 0 bridgehead atoms. The van der Waals surface area contributed by atoms with Crippen LogP contribution in [0.25, 0.3) is 17.3 Å². The summed E-state index contributed by atoms with van der Waals surface area (Å²) in [5.41, 5.74) is 3.19. The predicted molar refractivity (Wildman–Crippen MR) is 106 cm³/mol. The number of likely N-dealkylation sites (N-methyl/N-ethyl adjacent to an activating group) is 1. The van der Waals surface area contributed by atoms with E-state index in [0.717, 1.165) is 37.4 Å². The number of piperazine rings is 1. The zero-order valence-electron chi connectivity index (χ0n) is 15.5. The molecule has 1 aromatic carbocycles. The van der Waals surface area contributed by atoms with Crippen LogP contribution in [-0.2, 0) is 0 Å². The Morgan fingerprint density at radius 3 is 2.79 bits per heavy atom. The number of hydrogen-bond acceptors (Lipinski definition) is 5. The third kappa shape index (κ3) is 2.93. The molecule has 0 radical (unpaired) electrons. The number of aliphatic hydroxyl groups is 1. The van der Waals surface area contributed by atoms with Gasteiger partial charge < -0.3 is 24.0 Å². The van der Waals surface area contributed by atoms with Crippen molar-refractivity contribution < 1.29 is 14.2 Å². The van der Waals surface area contributed by atoms with Gasteiger partial charge in [0.2, 0.25) is 6.29 Å². The lowest BCUT2D eigenvalue weighted by Crippen LogP contribution is -2.44. The summed E-state index contributed by atoms with van der Waals surface area (Å²) in [6.07, 6.45) is 4.13. The van der Waals surface area contributed by atoms with Gasteiger partial charge in [0.15, 0.2) is 11.5 Å². The number of ether oxygens (including phenoxy) is 1. The van der Waals surface area contributed by atoms with Crippen molar-refractivity contribution in [1.29, 1.82) is 0 Å². The van der Waals surface area contributed by atoms with Gasteiger partial charge in [-0.05, 0) is 37.4 Å². The molecule has 0 aliphatic carbocycles. The Bertz CT molecular complexity index is 1070. The SMILES string of the molecule is CN1CCN(c2ccc3c(c2)OC(O)C(c2cn4cccc(F)c4n2)=C3)CC1. The molecule has 0 saturated carbocycles. The van der Waals surface area contributed by atoms with Crippen LogP contribution in [0.4, 0.5) is 10.1 Å². The Morgan fingerprint density at radius 2 is 2.00 bits per heavy atom. The Kier molecular flexibility index (Phi) is 4.07. The van der Waals surface area contributed by atoms with E-state index in [1.165, 1.54) is 6.07 Å². The third-order valence-corrected chi connectivity index (χ3v) is 5.41. The molecule has 1 atom stereocenters. The zero-order valence-corrected chi connectivity index (χ0v) is 15.5.